The molecule has 1 heterocycles. The number of rotatable bonds is 2. The summed E-state index contributed by atoms with van der Waals surface area (Å²) in [5, 5.41) is 8.96. The van der Waals surface area contributed by atoms with E-state index in [4.69, 9.17) is 5.26 Å². The molecule has 1 aliphatic heterocycles. The van der Waals surface area contributed by atoms with Gasteiger partial charge in [0.2, 0.25) is 6.19 Å². The molecule has 1 saturated heterocycles. The third-order valence-electron chi connectivity index (χ3n) is 3.12. The number of amidine groups is 1. The Kier molecular flexibility index (Phi) is 4.77. The first-order chi connectivity index (χ1) is 9.19. The Morgan fingerprint density at radius 1 is 1.26 bits per heavy atom. The molecule has 0 aliphatic carbocycles. The molecule has 1 aliphatic rings. The molecule has 0 radical (unpaired) electrons. The summed E-state index contributed by atoms with van der Waals surface area (Å²) >= 11 is 4.19. The lowest BCUT2D eigenvalue weighted by Gasteiger charge is -2.35. The number of piperazine rings is 1. The maximum absolute atomic E-state index is 12.8. The van der Waals surface area contributed by atoms with E-state index < -0.39 is 0 Å². The van der Waals surface area contributed by atoms with Crippen LogP contribution >= 0.6 is 12.6 Å². The number of aliphatic imine (C=N–C) groups is 1. The van der Waals surface area contributed by atoms with Crippen LogP contribution in [0, 0.1) is 17.3 Å². The molecular formula is C13H15FN4S. The zero-order valence-corrected chi connectivity index (χ0v) is 11.4. The smallest absolute Gasteiger partial charge is 0.208 e. The molecule has 1 aromatic carbocycles. The molecule has 0 bridgehead atoms. The maximum Gasteiger partial charge on any atom is 0.208 e. The quantitative estimate of drug-likeness (QED) is 0.387. The number of thiol groups is 1. The molecule has 0 aromatic heterocycles. The molecule has 0 N–H and O–H groups in total. The molecule has 0 amide bonds. The van der Waals surface area contributed by atoms with Crippen molar-refractivity contribution >= 4 is 17.8 Å². The highest BCUT2D eigenvalue weighted by molar-refractivity contribution is 7.96. The maximum atomic E-state index is 12.8. The highest BCUT2D eigenvalue weighted by Gasteiger charge is 2.18. The highest BCUT2D eigenvalue weighted by Crippen LogP contribution is 2.10. The van der Waals surface area contributed by atoms with Crippen molar-refractivity contribution in [1.82, 2.24) is 9.80 Å². The molecular weight excluding hydrogens is 263 g/mol. The first-order valence-electron chi connectivity index (χ1n) is 6.06. The minimum atomic E-state index is -0.207. The van der Waals surface area contributed by atoms with Gasteiger partial charge in [-0.2, -0.15) is 5.26 Å². The van der Waals surface area contributed by atoms with Crippen molar-refractivity contribution in [2.45, 2.75) is 6.54 Å². The first-order valence-corrected chi connectivity index (χ1v) is 6.51. The molecule has 2 rings (SSSR count). The van der Waals surface area contributed by atoms with Crippen molar-refractivity contribution in [3.05, 3.63) is 35.6 Å². The third-order valence-corrected chi connectivity index (χ3v) is 3.51. The second-order valence-electron chi connectivity index (χ2n) is 4.40. The average Bonchev–Trinajstić information content (AvgIpc) is 2.42. The van der Waals surface area contributed by atoms with Crippen molar-refractivity contribution in [3.63, 3.8) is 0 Å². The van der Waals surface area contributed by atoms with E-state index in [0.717, 1.165) is 38.3 Å². The van der Waals surface area contributed by atoms with Crippen LogP contribution in [0.15, 0.2) is 29.3 Å². The Bertz CT molecular complexity index is 486. The van der Waals surface area contributed by atoms with Gasteiger partial charge in [-0.3, -0.25) is 4.90 Å². The van der Waals surface area contributed by atoms with Crippen LogP contribution in [-0.4, -0.2) is 41.1 Å². The van der Waals surface area contributed by atoms with Gasteiger partial charge in [0, 0.05) is 32.7 Å². The van der Waals surface area contributed by atoms with Gasteiger partial charge in [-0.1, -0.05) is 12.1 Å². The number of nitriles is 1. The lowest BCUT2D eigenvalue weighted by atomic mass is 10.2. The van der Waals surface area contributed by atoms with Gasteiger partial charge in [-0.25, -0.2) is 4.39 Å². The molecule has 6 heteroatoms. The minimum Gasteiger partial charge on any atom is -0.348 e. The predicted octanol–water partition coefficient (Wildman–Crippen LogP) is 1.71. The molecule has 4 nitrogen and oxygen atoms in total. The van der Waals surface area contributed by atoms with Crippen molar-refractivity contribution in [2.75, 3.05) is 26.2 Å². The zero-order chi connectivity index (χ0) is 13.7. The van der Waals surface area contributed by atoms with Gasteiger partial charge in [-0.15, -0.1) is 17.6 Å². The first kappa shape index (κ1) is 13.8. The number of benzene rings is 1. The normalized spacial score (nSPS) is 17.3. The Morgan fingerprint density at radius 3 is 2.47 bits per heavy atom. The standard InChI is InChI=1S/C13H15FN4S/c14-12-3-1-11(2-4-12)9-17-5-7-18(8-6-17)13(19)16-10-15/h1-4H,5-9H2,(H,16,19). The summed E-state index contributed by atoms with van der Waals surface area (Å²) in [7, 11) is 0. The predicted molar refractivity (Wildman–Crippen MR) is 75.3 cm³/mol. The van der Waals surface area contributed by atoms with Gasteiger partial charge in [0.25, 0.3) is 0 Å². The Labute approximate surface area is 117 Å². The average molecular weight is 278 g/mol. The number of halogens is 1. The third kappa shape index (κ3) is 3.94. The molecule has 100 valence electrons. The van der Waals surface area contributed by atoms with Crippen LogP contribution in [0.3, 0.4) is 0 Å². The molecule has 0 unspecified atom stereocenters. The number of hydrogen-bond acceptors (Lipinski definition) is 3. The number of nitrogens with zero attached hydrogens (tertiary/aromatic N) is 4. The SMILES string of the molecule is N#C/N=C(\S)N1CCN(Cc2ccc(F)cc2)CC1. The molecule has 0 spiro atoms. The van der Waals surface area contributed by atoms with E-state index in [0.29, 0.717) is 5.17 Å². The minimum absolute atomic E-state index is 0.207. The van der Waals surface area contributed by atoms with Crippen LogP contribution in [0.1, 0.15) is 5.56 Å². The van der Waals surface area contributed by atoms with Crippen molar-refractivity contribution in [3.8, 4) is 6.19 Å². The van der Waals surface area contributed by atoms with Gasteiger partial charge in [0.1, 0.15) is 5.82 Å². The summed E-state index contributed by atoms with van der Waals surface area (Å²) in [6.07, 6.45) is 1.74. The van der Waals surface area contributed by atoms with E-state index in [2.05, 4.69) is 22.5 Å². The topological polar surface area (TPSA) is 42.6 Å². The summed E-state index contributed by atoms with van der Waals surface area (Å²) in [6.45, 7) is 4.16. The zero-order valence-electron chi connectivity index (χ0n) is 10.5. The van der Waals surface area contributed by atoms with Crippen LogP contribution in [0.25, 0.3) is 0 Å². The molecule has 0 saturated carbocycles. The van der Waals surface area contributed by atoms with Crippen LogP contribution < -0.4 is 0 Å². The fourth-order valence-corrected chi connectivity index (χ4v) is 2.31. The lowest BCUT2D eigenvalue weighted by molar-refractivity contribution is 0.177. The van der Waals surface area contributed by atoms with E-state index in [9.17, 15) is 4.39 Å². The Balaban J connectivity index is 1.85. The van der Waals surface area contributed by atoms with E-state index in [1.165, 1.54) is 12.1 Å². The van der Waals surface area contributed by atoms with E-state index in [1.54, 1.807) is 6.19 Å². The van der Waals surface area contributed by atoms with Gasteiger partial charge < -0.3 is 4.90 Å². The van der Waals surface area contributed by atoms with E-state index in [1.807, 2.05) is 17.0 Å². The van der Waals surface area contributed by atoms with Gasteiger partial charge in [-0.05, 0) is 17.7 Å². The fourth-order valence-electron chi connectivity index (χ4n) is 2.07. The van der Waals surface area contributed by atoms with Crippen LogP contribution in [-0.2, 0) is 6.54 Å². The number of hydrogen-bond donors (Lipinski definition) is 1. The second kappa shape index (κ2) is 6.55. The summed E-state index contributed by atoms with van der Waals surface area (Å²) in [5.41, 5.74) is 1.10. The van der Waals surface area contributed by atoms with E-state index >= 15 is 0 Å². The fraction of sp³-hybridized carbons (Fsp3) is 0.385. The molecule has 1 aromatic rings. The van der Waals surface area contributed by atoms with Crippen LogP contribution in [0.4, 0.5) is 4.39 Å². The second-order valence-corrected chi connectivity index (χ2v) is 4.80. The van der Waals surface area contributed by atoms with Gasteiger partial charge >= 0.3 is 0 Å². The molecule has 0 atom stereocenters. The van der Waals surface area contributed by atoms with Gasteiger partial charge in [0.05, 0.1) is 0 Å². The van der Waals surface area contributed by atoms with Crippen molar-refractivity contribution < 1.29 is 4.39 Å². The summed E-state index contributed by atoms with van der Waals surface area (Å²) < 4.78 is 12.8. The van der Waals surface area contributed by atoms with Crippen molar-refractivity contribution in [1.29, 1.82) is 5.26 Å². The Morgan fingerprint density at radius 2 is 1.89 bits per heavy atom. The Hall–Kier alpha value is -1.58. The summed E-state index contributed by atoms with van der Waals surface area (Å²) in [6, 6.07) is 6.58. The van der Waals surface area contributed by atoms with Crippen LogP contribution in [0.2, 0.25) is 0 Å². The van der Waals surface area contributed by atoms with Crippen LogP contribution in [0.5, 0.6) is 0 Å². The molecule has 19 heavy (non-hydrogen) atoms. The largest absolute Gasteiger partial charge is 0.348 e. The lowest BCUT2D eigenvalue weighted by Crippen LogP contribution is -2.47. The monoisotopic (exact) mass is 278 g/mol. The van der Waals surface area contributed by atoms with E-state index in [-0.39, 0.29) is 5.82 Å². The summed E-state index contributed by atoms with van der Waals surface area (Å²) in [5.74, 6) is -0.207. The highest BCUT2D eigenvalue weighted by atomic mass is 32.1. The van der Waals surface area contributed by atoms with Crippen molar-refractivity contribution in [2.24, 2.45) is 4.99 Å². The molecule has 1 fully saturated rings. The summed E-state index contributed by atoms with van der Waals surface area (Å²) in [4.78, 5) is 7.89. The van der Waals surface area contributed by atoms with Gasteiger partial charge in [0.15, 0.2) is 5.17 Å².